The van der Waals surface area contributed by atoms with E-state index >= 15 is 0 Å². The van der Waals surface area contributed by atoms with Gasteiger partial charge in [-0.25, -0.2) is 4.57 Å². The van der Waals surface area contributed by atoms with E-state index in [1.807, 2.05) is 0 Å². The maximum atomic E-state index is 12.9. The highest BCUT2D eigenvalue weighted by molar-refractivity contribution is 7.47. The lowest BCUT2D eigenvalue weighted by Gasteiger charge is -2.21. The Balaban J connectivity index is 4.81. The molecular weight excluding hydrogens is 952 g/mol. The lowest BCUT2D eigenvalue weighted by atomic mass is 10.1. The van der Waals surface area contributed by atoms with Crippen molar-refractivity contribution in [2.24, 2.45) is 0 Å². The molecule has 0 fully saturated rings. The molecule has 0 rings (SSSR count). The van der Waals surface area contributed by atoms with E-state index in [-0.39, 0.29) is 25.9 Å². The van der Waals surface area contributed by atoms with Gasteiger partial charge in [-0.15, -0.1) is 0 Å². The molecule has 0 aliphatic rings. The fraction of sp³-hybridized carbons (Fsp3) is 0.694. The molecule has 0 saturated carbocycles. The van der Waals surface area contributed by atoms with E-state index in [1.54, 1.807) is 0 Å². The average molecular weight is 1060 g/mol. The van der Waals surface area contributed by atoms with Crippen LogP contribution in [-0.2, 0) is 42.2 Å². The van der Waals surface area contributed by atoms with Crippen LogP contribution in [0.2, 0.25) is 0 Å². The van der Waals surface area contributed by atoms with E-state index in [4.69, 9.17) is 23.3 Å². The van der Waals surface area contributed by atoms with E-state index in [0.717, 1.165) is 116 Å². The number of esters is 3. The summed E-state index contributed by atoms with van der Waals surface area (Å²) in [6.07, 6.45) is 65.1. The fourth-order valence-corrected chi connectivity index (χ4v) is 8.37. The lowest BCUT2D eigenvalue weighted by molar-refractivity contribution is -0.161. The second-order valence-corrected chi connectivity index (χ2v) is 20.5. The number of hydrogen-bond acceptors (Lipinski definition) is 10. The quantitative estimate of drug-likeness (QED) is 0.0197. The van der Waals surface area contributed by atoms with E-state index in [1.165, 1.54) is 64.2 Å². The molecule has 2 N–H and O–H groups in total. The molecule has 0 amide bonds. The Morgan fingerprint density at radius 1 is 0.392 bits per heavy atom. The Labute approximate surface area is 451 Å². The normalized spacial score (nSPS) is 14.1. The van der Waals surface area contributed by atoms with Crippen LogP contribution < -0.4 is 0 Å². The van der Waals surface area contributed by atoms with E-state index < -0.39 is 57.8 Å². The van der Waals surface area contributed by atoms with Gasteiger partial charge in [0.1, 0.15) is 12.7 Å². The summed E-state index contributed by atoms with van der Waals surface area (Å²) in [5.74, 6) is -1.53. The van der Waals surface area contributed by atoms with Crippen molar-refractivity contribution in [1.29, 1.82) is 0 Å². The maximum Gasteiger partial charge on any atom is 0.472 e. The number of unbranched alkanes of at least 4 members (excludes halogenated alkanes) is 20. The number of phosphoric ester groups is 1. The highest BCUT2D eigenvalue weighted by Crippen LogP contribution is 2.43. The number of carbonyl (C=O) groups is 3. The predicted molar refractivity (Wildman–Crippen MR) is 307 cm³/mol. The average Bonchev–Trinajstić information content (AvgIpc) is 3.39. The van der Waals surface area contributed by atoms with Crippen LogP contribution in [0.5, 0.6) is 0 Å². The van der Waals surface area contributed by atoms with Gasteiger partial charge in [0.15, 0.2) is 6.10 Å². The first-order valence-corrected chi connectivity index (χ1v) is 30.6. The van der Waals surface area contributed by atoms with Crippen LogP contribution in [-0.4, -0.2) is 66.5 Å². The Morgan fingerprint density at radius 2 is 0.703 bits per heavy atom. The van der Waals surface area contributed by atoms with Gasteiger partial charge in [0, 0.05) is 19.3 Å². The predicted octanol–water partition coefficient (Wildman–Crippen LogP) is 17.3. The summed E-state index contributed by atoms with van der Waals surface area (Å²) in [6, 6.07) is 0. The number of ether oxygens (including phenoxy) is 3. The second-order valence-electron chi connectivity index (χ2n) is 19.0. The Morgan fingerprint density at radius 3 is 1.11 bits per heavy atom. The molecule has 0 aromatic rings. The van der Waals surface area contributed by atoms with E-state index in [0.29, 0.717) is 19.3 Å². The topological polar surface area (TPSA) is 155 Å². The first-order chi connectivity index (χ1) is 36.2. The molecule has 3 unspecified atom stereocenters. The van der Waals surface area contributed by atoms with Crippen LogP contribution in [0, 0.1) is 0 Å². The zero-order valence-corrected chi connectivity index (χ0v) is 47.7. The highest BCUT2D eigenvalue weighted by atomic mass is 31.2. The molecular formula is C62H105O11P. The van der Waals surface area contributed by atoms with E-state index in [9.17, 15) is 28.9 Å². The molecule has 0 aliphatic heterocycles. The Hall–Kier alpha value is -3.60. The summed E-state index contributed by atoms with van der Waals surface area (Å²) in [5, 5.41) is 9.80. The molecule has 0 aliphatic carbocycles. The zero-order chi connectivity index (χ0) is 54.1. The van der Waals surface area contributed by atoms with Crippen LogP contribution in [0.1, 0.15) is 239 Å². The van der Waals surface area contributed by atoms with Crippen molar-refractivity contribution < 1.29 is 52.2 Å². The molecule has 11 nitrogen and oxygen atoms in total. The minimum atomic E-state index is -4.77. The Kier molecular flexibility index (Phi) is 52.9. The summed E-state index contributed by atoms with van der Waals surface area (Å²) < 4.78 is 39.5. The van der Waals surface area contributed by atoms with Crippen LogP contribution in [0.25, 0.3) is 0 Å². The number of hydrogen-bond donors (Lipinski definition) is 2. The second kappa shape index (κ2) is 55.6. The lowest BCUT2D eigenvalue weighted by Crippen LogP contribution is -2.30. The van der Waals surface area contributed by atoms with Gasteiger partial charge in [-0.3, -0.25) is 23.4 Å². The molecule has 0 spiro atoms. The molecule has 0 heterocycles. The smallest absolute Gasteiger partial charge is 0.462 e. The number of rotatable bonds is 53. The third-order valence-corrected chi connectivity index (χ3v) is 12.9. The highest BCUT2D eigenvalue weighted by Gasteiger charge is 2.28. The van der Waals surface area contributed by atoms with Crippen molar-refractivity contribution in [2.75, 3.05) is 26.4 Å². The third-order valence-electron chi connectivity index (χ3n) is 12.0. The van der Waals surface area contributed by atoms with Crippen LogP contribution >= 0.6 is 7.82 Å². The van der Waals surface area contributed by atoms with Gasteiger partial charge >= 0.3 is 25.7 Å². The third kappa shape index (κ3) is 53.2. The van der Waals surface area contributed by atoms with Gasteiger partial charge in [-0.1, -0.05) is 201 Å². The van der Waals surface area contributed by atoms with Gasteiger partial charge < -0.3 is 24.2 Å². The SMILES string of the molecule is CC/C=C\C/C=C\C/C=C\C/C=C\CCCCCCC(=O)OC(COC(=O)CCCCCCCCC/C=C\CCCCCCCC)COP(=O)(O)OCC(CO)OC(=O)CCCCC/C=C\C/C=C\C/C=C\CC. The summed E-state index contributed by atoms with van der Waals surface area (Å²) in [4.78, 5) is 48.5. The first-order valence-electron chi connectivity index (χ1n) is 29.1. The number of phosphoric acid groups is 1. The zero-order valence-electron chi connectivity index (χ0n) is 46.8. The van der Waals surface area contributed by atoms with Crippen LogP contribution in [0.3, 0.4) is 0 Å². The largest absolute Gasteiger partial charge is 0.472 e. The molecule has 3 atom stereocenters. The van der Waals surface area contributed by atoms with Crippen LogP contribution in [0.15, 0.2) is 97.2 Å². The molecule has 0 bridgehead atoms. The molecule has 0 aromatic carbocycles. The van der Waals surface area contributed by atoms with Crippen molar-refractivity contribution in [3.63, 3.8) is 0 Å². The summed E-state index contributed by atoms with van der Waals surface area (Å²) >= 11 is 0. The van der Waals surface area contributed by atoms with E-state index in [2.05, 4.69) is 118 Å². The first kappa shape index (κ1) is 70.4. The van der Waals surface area contributed by atoms with Gasteiger partial charge in [0.05, 0.1) is 19.8 Å². The van der Waals surface area contributed by atoms with Gasteiger partial charge in [0.2, 0.25) is 0 Å². The number of aliphatic hydroxyl groups excluding tert-OH is 1. The number of allylic oxidation sites excluding steroid dienone is 16. The van der Waals surface area contributed by atoms with Crippen LogP contribution in [0.4, 0.5) is 0 Å². The minimum absolute atomic E-state index is 0.133. The van der Waals surface area contributed by atoms with Gasteiger partial charge in [-0.2, -0.15) is 0 Å². The molecule has 12 heteroatoms. The monoisotopic (exact) mass is 1060 g/mol. The number of aliphatic hydroxyl groups is 1. The summed E-state index contributed by atoms with van der Waals surface area (Å²) in [7, 11) is -4.77. The molecule has 0 aromatic heterocycles. The number of carbonyl (C=O) groups excluding carboxylic acids is 3. The van der Waals surface area contributed by atoms with Crippen molar-refractivity contribution >= 4 is 25.7 Å². The van der Waals surface area contributed by atoms with Crippen molar-refractivity contribution in [1.82, 2.24) is 0 Å². The molecule has 424 valence electrons. The molecule has 74 heavy (non-hydrogen) atoms. The maximum absolute atomic E-state index is 12.9. The summed E-state index contributed by atoms with van der Waals surface area (Å²) in [5.41, 5.74) is 0. The minimum Gasteiger partial charge on any atom is -0.462 e. The standard InChI is InChI=1S/C62H105O11P/c1-4-7-10-13-16-19-22-25-27-29-31-34-36-39-42-45-48-51-60(64)69-55-59(73-62(66)53-50-47-44-41-38-35-32-30-28-26-23-20-17-14-11-8-5-2)57-71-74(67,68)70-56-58(54-63)72-61(65)52-49-46-43-40-37-33-24-21-18-15-12-9-6-3/h8-9,11-12,17-18,20-21,25-28,32-33,35,37,58-59,63H,4-7,10,13-16,19,22-24,29-31,34,36,38-57H2,1-3H3,(H,67,68)/b11-8-,12-9-,20-17-,21-18-,27-25-,28-26-,35-32-,37-33-. The summed E-state index contributed by atoms with van der Waals surface area (Å²) in [6.45, 7) is 4.34. The molecule has 0 radical (unpaired) electrons. The molecule has 0 saturated heterocycles. The van der Waals surface area contributed by atoms with Crippen molar-refractivity contribution in [3.8, 4) is 0 Å². The fourth-order valence-electron chi connectivity index (χ4n) is 7.59. The van der Waals surface area contributed by atoms with Crippen molar-refractivity contribution in [3.05, 3.63) is 97.2 Å². The Bertz CT molecular complexity index is 1610. The van der Waals surface area contributed by atoms with Gasteiger partial charge in [-0.05, 0) is 116 Å². The van der Waals surface area contributed by atoms with Crippen molar-refractivity contribution in [2.45, 2.75) is 251 Å². The van der Waals surface area contributed by atoms with Gasteiger partial charge in [0.25, 0.3) is 0 Å².